The number of rotatable bonds is 3. The number of nitrogens with two attached hydrogens (primary N) is 1. The summed E-state index contributed by atoms with van der Waals surface area (Å²) in [4.78, 5) is 0. The smallest absolute Gasteiger partial charge is 0.145 e. The maximum Gasteiger partial charge on any atom is 0.145 e. The second-order valence-corrected chi connectivity index (χ2v) is 4.86. The number of hydrogen-bond donors (Lipinski definition) is 1. The van der Waals surface area contributed by atoms with Crippen LogP contribution < -0.4 is 10.5 Å². The van der Waals surface area contributed by atoms with Crippen molar-refractivity contribution in [3.05, 3.63) is 44.8 Å². The van der Waals surface area contributed by atoms with Crippen molar-refractivity contribution in [2.45, 2.75) is 6.61 Å². The Balaban J connectivity index is 2.12. The summed E-state index contributed by atoms with van der Waals surface area (Å²) >= 11 is 4.65. The molecule has 16 heavy (non-hydrogen) atoms. The highest BCUT2D eigenvalue weighted by Crippen LogP contribution is 2.29. The van der Waals surface area contributed by atoms with E-state index in [1.807, 2.05) is 16.8 Å². The maximum atomic E-state index is 13.2. The largest absolute Gasteiger partial charge is 0.487 e. The molecule has 0 aliphatic rings. The van der Waals surface area contributed by atoms with Crippen LogP contribution in [0.5, 0.6) is 5.75 Å². The van der Waals surface area contributed by atoms with Crippen molar-refractivity contribution in [3.8, 4) is 5.75 Å². The molecule has 2 N–H and O–H groups in total. The first-order chi connectivity index (χ1) is 7.66. The molecule has 0 amide bonds. The van der Waals surface area contributed by atoms with Crippen molar-refractivity contribution in [2.24, 2.45) is 0 Å². The molecule has 0 aliphatic heterocycles. The minimum absolute atomic E-state index is 0.341. The van der Waals surface area contributed by atoms with Gasteiger partial charge in [0.15, 0.2) is 0 Å². The van der Waals surface area contributed by atoms with E-state index in [0.29, 0.717) is 22.5 Å². The van der Waals surface area contributed by atoms with Crippen molar-refractivity contribution < 1.29 is 9.13 Å². The summed E-state index contributed by atoms with van der Waals surface area (Å²) in [5, 5.41) is 3.94. The van der Waals surface area contributed by atoms with E-state index < -0.39 is 0 Å². The van der Waals surface area contributed by atoms with E-state index in [0.717, 1.165) is 5.56 Å². The Morgan fingerprint density at radius 3 is 2.94 bits per heavy atom. The standard InChI is InChI=1S/C11H9BrFNOS/c12-8-3-10(14)11(4-9(8)13)15-5-7-1-2-16-6-7/h1-4,6H,5,14H2. The minimum Gasteiger partial charge on any atom is -0.487 e. The summed E-state index contributed by atoms with van der Waals surface area (Å²) in [5.74, 6) is -0.0126. The van der Waals surface area contributed by atoms with Gasteiger partial charge in [-0.1, -0.05) is 0 Å². The molecule has 0 spiro atoms. The van der Waals surface area contributed by atoms with E-state index in [1.165, 1.54) is 12.1 Å². The quantitative estimate of drug-likeness (QED) is 0.875. The lowest BCUT2D eigenvalue weighted by Crippen LogP contribution is -1.98. The van der Waals surface area contributed by atoms with E-state index in [-0.39, 0.29) is 5.82 Å². The minimum atomic E-state index is -0.380. The number of ether oxygens (including phenoxy) is 1. The third-order valence-electron chi connectivity index (χ3n) is 2.03. The van der Waals surface area contributed by atoms with Crippen LogP contribution in [0.3, 0.4) is 0 Å². The molecule has 0 fully saturated rings. The van der Waals surface area contributed by atoms with E-state index in [4.69, 9.17) is 10.5 Å². The molecule has 84 valence electrons. The molecule has 2 aromatic rings. The van der Waals surface area contributed by atoms with Gasteiger partial charge in [0.2, 0.25) is 0 Å². The Morgan fingerprint density at radius 2 is 2.25 bits per heavy atom. The van der Waals surface area contributed by atoms with E-state index in [9.17, 15) is 4.39 Å². The highest BCUT2D eigenvalue weighted by Gasteiger charge is 2.07. The van der Waals surface area contributed by atoms with Gasteiger partial charge in [-0.05, 0) is 44.4 Å². The first-order valence-corrected chi connectivity index (χ1v) is 6.29. The summed E-state index contributed by atoms with van der Waals surface area (Å²) in [7, 11) is 0. The molecule has 0 atom stereocenters. The summed E-state index contributed by atoms with van der Waals surface area (Å²) in [6.07, 6.45) is 0. The Hall–Kier alpha value is -1.07. The topological polar surface area (TPSA) is 35.2 Å². The average molecular weight is 302 g/mol. The molecule has 1 aromatic carbocycles. The van der Waals surface area contributed by atoms with Gasteiger partial charge in [-0.3, -0.25) is 0 Å². The zero-order valence-corrected chi connectivity index (χ0v) is 10.6. The predicted molar refractivity (Wildman–Crippen MR) is 67.2 cm³/mol. The fourth-order valence-corrected chi connectivity index (χ4v) is 2.22. The second-order valence-electron chi connectivity index (χ2n) is 3.22. The van der Waals surface area contributed by atoms with Crippen LogP contribution >= 0.6 is 27.3 Å². The van der Waals surface area contributed by atoms with Crippen LogP contribution in [0.2, 0.25) is 0 Å². The average Bonchev–Trinajstić information content (AvgIpc) is 2.74. The Labute approximate surface area is 105 Å². The normalized spacial score (nSPS) is 10.4. The Morgan fingerprint density at radius 1 is 1.44 bits per heavy atom. The highest BCUT2D eigenvalue weighted by atomic mass is 79.9. The van der Waals surface area contributed by atoms with Gasteiger partial charge in [-0.15, -0.1) is 0 Å². The molecule has 0 radical (unpaired) electrons. The van der Waals surface area contributed by atoms with Crippen LogP contribution in [-0.4, -0.2) is 0 Å². The van der Waals surface area contributed by atoms with Gasteiger partial charge in [0, 0.05) is 6.07 Å². The van der Waals surface area contributed by atoms with Crippen molar-refractivity contribution >= 4 is 33.0 Å². The van der Waals surface area contributed by atoms with Gasteiger partial charge in [-0.25, -0.2) is 4.39 Å². The molecule has 2 rings (SSSR count). The molecule has 0 saturated heterocycles. The third kappa shape index (κ3) is 2.54. The van der Waals surface area contributed by atoms with Crippen molar-refractivity contribution in [3.63, 3.8) is 0 Å². The first kappa shape index (κ1) is 11.4. The fraction of sp³-hybridized carbons (Fsp3) is 0.0909. The lowest BCUT2D eigenvalue weighted by molar-refractivity contribution is 0.307. The van der Waals surface area contributed by atoms with Crippen LogP contribution in [0.25, 0.3) is 0 Å². The lowest BCUT2D eigenvalue weighted by atomic mass is 10.3. The first-order valence-electron chi connectivity index (χ1n) is 4.55. The number of benzene rings is 1. The lowest BCUT2D eigenvalue weighted by Gasteiger charge is -2.08. The SMILES string of the molecule is Nc1cc(Br)c(F)cc1OCc1ccsc1. The van der Waals surface area contributed by atoms with Crippen LogP contribution in [0, 0.1) is 5.82 Å². The number of hydrogen-bond acceptors (Lipinski definition) is 3. The molecule has 2 nitrogen and oxygen atoms in total. The summed E-state index contributed by atoms with van der Waals surface area (Å²) < 4.78 is 19.0. The number of anilines is 1. The summed E-state index contributed by atoms with van der Waals surface area (Å²) in [6.45, 7) is 0.398. The van der Waals surface area contributed by atoms with Crippen LogP contribution in [0.15, 0.2) is 33.4 Å². The van der Waals surface area contributed by atoms with Gasteiger partial charge >= 0.3 is 0 Å². The number of nitrogen functional groups attached to an aromatic ring is 1. The van der Waals surface area contributed by atoms with Gasteiger partial charge in [0.1, 0.15) is 18.2 Å². The number of thiophene rings is 1. The monoisotopic (exact) mass is 301 g/mol. The van der Waals surface area contributed by atoms with E-state index in [2.05, 4.69) is 15.9 Å². The maximum absolute atomic E-state index is 13.2. The highest BCUT2D eigenvalue weighted by molar-refractivity contribution is 9.10. The van der Waals surface area contributed by atoms with Crippen LogP contribution in [0.1, 0.15) is 5.56 Å². The fourth-order valence-electron chi connectivity index (χ4n) is 1.20. The van der Waals surface area contributed by atoms with Crippen LogP contribution in [0.4, 0.5) is 10.1 Å². The van der Waals surface area contributed by atoms with Crippen molar-refractivity contribution in [1.29, 1.82) is 0 Å². The van der Waals surface area contributed by atoms with Crippen LogP contribution in [-0.2, 0) is 6.61 Å². The van der Waals surface area contributed by atoms with Gasteiger partial charge in [-0.2, -0.15) is 11.3 Å². The molecule has 0 bridgehead atoms. The Bertz CT molecular complexity index is 487. The molecule has 1 aromatic heterocycles. The van der Waals surface area contributed by atoms with Crippen molar-refractivity contribution in [1.82, 2.24) is 0 Å². The van der Waals surface area contributed by atoms with Gasteiger partial charge < -0.3 is 10.5 Å². The zero-order chi connectivity index (χ0) is 11.5. The molecule has 1 heterocycles. The number of halogens is 2. The molecule has 0 aliphatic carbocycles. The van der Waals surface area contributed by atoms with Gasteiger partial charge in [0.25, 0.3) is 0 Å². The molecule has 0 unspecified atom stereocenters. The predicted octanol–water partition coefficient (Wildman–Crippen LogP) is 3.81. The summed E-state index contributed by atoms with van der Waals surface area (Å²) in [6, 6.07) is 4.74. The summed E-state index contributed by atoms with van der Waals surface area (Å²) in [5.41, 5.74) is 7.18. The third-order valence-corrected chi connectivity index (χ3v) is 3.37. The van der Waals surface area contributed by atoms with Crippen molar-refractivity contribution in [2.75, 3.05) is 5.73 Å². The van der Waals surface area contributed by atoms with E-state index in [1.54, 1.807) is 11.3 Å². The van der Waals surface area contributed by atoms with E-state index >= 15 is 0 Å². The molecular weight excluding hydrogens is 293 g/mol. The molecule has 0 saturated carbocycles. The molecular formula is C11H9BrFNOS. The second kappa shape index (κ2) is 4.84. The Kier molecular flexibility index (Phi) is 3.46. The molecule has 5 heteroatoms. The zero-order valence-electron chi connectivity index (χ0n) is 8.24. The van der Waals surface area contributed by atoms with Gasteiger partial charge in [0.05, 0.1) is 10.2 Å².